The maximum absolute atomic E-state index is 12.4. The zero-order valence-electron chi connectivity index (χ0n) is 16.2. The Bertz CT molecular complexity index is 1030. The quantitative estimate of drug-likeness (QED) is 0.510. The molecule has 3 N–H and O–H groups in total. The van der Waals surface area contributed by atoms with Crippen molar-refractivity contribution in [2.24, 2.45) is 0 Å². The van der Waals surface area contributed by atoms with Crippen molar-refractivity contribution in [3.8, 4) is 17.0 Å². The molecule has 7 nitrogen and oxygen atoms in total. The summed E-state index contributed by atoms with van der Waals surface area (Å²) in [5.41, 5.74) is 8.45. The highest BCUT2D eigenvalue weighted by molar-refractivity contribution is 9.10. The first kappa shape index (κ1) is 20.6. The lowest BCUT2D eigenvalue weighted by molar-refractivity contribution is -0.128. The maximum Gasteiger partial charge on any atom is 0.288 e. The second-order valence-corrected chi connectivity index (χ2v) is 7.32. The Balaban J connectivity index is 1.61. The molecule has 1 heterocycles. The van der Waals surface area contributed by atoms with E-state index < -0.39 is 17.9 Å². The van der Waals surface area contributed by atoms with Gasteiger partial charge in [-0.05, 0) is 53.9 Å². The first-order valence-electron chi connectivity index (χ1n) is 9.00. The maximum atomic E-state index is 12.4. The topological polar surface area (TPSA) is 96.1 Å². The lowest BCUT2D eigenvalue weighted by Crippen LogP contribution is -2.47. The minimum Gasteiger partial charge on any atom is -0.481 e. The summed E-state index contributed by atoms with van der Waals surface area (Å²) in [6.45, 7) is 5.51. The van der Waals surface area contributed by atoms with E-state index in [0.717, 1.165) is 16.7 Å². The minimum absolute atomic E-state index is 0.201. The van der Waals surface area contributed by atoms with Crippen molar-refractivity contribution in [1.82, 2.24) is 21.0 Å². The van der Waals surface area contributed by atoms with Gasteiger partial charge in [0.1, 0.15) is 17.1 Å². The number of hydrogen-bond acceptors (Lipinski definition) is 4. The van der Waals surface area contributed by atoms with Gasteiger partial charge in [-0.3, -0.25) is 25.5 Å². The van der Waals surface area contributed by atoms with Gasteiger partial charge in [0.2, 0.25) is 0 Å². The molecule has 0 aliphatic heterocycles. The zero-order chi connectivity index (χ0) is 21.0. The van der Waals surface area contributed by atoms with Gasteiger partial charge >= 0.3 is 0 Å². The number of carbonyl (C=O) groups excluding carboxylic acids is 2. The summed E-state index contributed by atoms with van der Waals surface area (Å²) < 4.78 is 6.23. The summed E-state index contributed by atoms with van der Waals surface area (Å²) >= 11 is 3.39. The average molecular weight is 457 g/mol. The summed E-state index contributed by atoms with van der Waals surface area (Å²) in [6.07, 6.45) is -0.791. The van der Waals surface area contributed by atoms with Gasteiger partial charge in [-0.2, -0.15) is 5.10 Å². The number of aromatic nitrogens is 2. The van der Waals surface area contributed by atoms with E-state index in [1.807, 2.05) is 56.3 Å². The predicted octanol–water partition coefficient (Wildman–Crippen LogP) is 3.68. The van der Waals surface area contributed by atoms with Crippen LogP contribution in [0.2, 0.25) is 0 Å². The Morgan fingerprint density at radius 3 is 2.52 bits per heavy atom. The number of hydrogen-bond donors (Lipinski definition) is 3. The van der Waals surface area contributed by atoms with Crippen LogP contribution in [0.25, 0.3) is 11.3 Å². The van der Waals surface area contributed by atoms with E-state index in [9.17, 15) is 9.59 Å². The Morgan fingerprint density at radius 1 is 1.07 bits per heavy atom. The minimum atomic E-state index is -0.791. The molecule has 0 saturated heterocycles. The molecule has 3 rings (SSSR count). The highest BCUT2D eigenvalue weighted by Crippen LogP contribution is 2.28. The number of aromatic amines is 1. The van der Waals surface area contributed by atoms with Crippen molar-refractivity contribution in [2.75, 3.05) is 0 Å². The number of carbonyl (C=O) groups is 2. The highest BCUT2D eigenvalue weighted by Gasteiger charge is 2.21. The zero-order valence-corrected chi connectivity index (χ0v) is 17.8. The second kappa shape index (κ2) is 8.91. The van der Waals surface area contributed by atoms with Gasteiger partial charge in [0.05, 0.1) is 4.47 Å². The molecule has 0 fully saturated rings. The number of benzene rings is 2. The van der Waals surface area contributed by atoms with Gasteiger partial charge in [0, 0.05) is 5.56 Å². The fraction of sp³-hybridized carbons (Fsp3) is 0.190. The molecule has 150 valence electrons. The summed E-state index contributed by atoms with van der Waals surface area (Å²) in [4.78, 5) is 24.7. The first-order valence-corrected chi connectivity index (χ1v) is 9.80. The van der Waals surface area contributed by atoms with Crippen LogP contribution in [0.5, 0.6) is 5.75 Å². The lowest BCUT2D eigenvalue weighted by atomic mass is 10.1. The van der Waals surface area contributed by atoms with E-state index in [1.165, 1.54) is 0 Å². The molecule has 0 spiro atoms. The molecule has 8 heteroatoms. The van der Waals surface area contributed by atoms with Crippen LogP contribution in [-0.4, -0.2) is 28.1 Å². The Kier molecular flexibility index (Phi) is 6.33. The van der Waals surface area contributed by atoms with Crippen LogP contribution in [-0.2, 0) is 4.79 Å². The molecule has 0 bridgehead atoms. The van der Waals surface area contributed by atoms with Crippen molar-refractivity contribution in [1.29, 1.82) is 0 Å². The molecule has 1 unspecified atom stereocenters. The van der Waals surface area contributed by atoms with Gasteiger partial charge in [-0.25, -0.2) is 0 Å². The van der Waals surface area contributed by atoms with Crippen molar-refractivity contribution < 1.29 is 14.3 Å². The summed E-state index contributed by atoms with van der Waals surface area (Å²) in [5.74, 6) is -0.375. The van der Waals surface area contributed by atoms with Crippen molar-refractivity contribution in [3.63, 3.8) is 0 Å². The van der Waals surface area contributed by atoms with Crippen LogP contribution >= 0.6 is 15.9 Å². The van der Waals surface area contributed by atoms with E-state index in [0.29, 0.717) is 15.9 Å². The molecule has 0 aliphatic carbocycles. The van der Waals surface area contributed by atoms with Gasteiger partial charge in [0.15, 0.2) is 6.10 Å². The Labute approximate surface area is 177 Å². The molecule has 0 radical (unpaired) electrons. The van der Waals surface area contributed by atoms with Crippen LogP contribution in [0, 0.1) is 13.8 Å². The summed E-state index contributed by atoms with van der Waals surface area (Å²) in [5, 5.41) is 6.86. The Morgan fingerprint density at radius 2 is 1.79 bits per heavy atom. The largest absolute Gasteiger partial charge is 0.481 e. The number of nitrogens with one attached hydrogen (secondary N) is 3. The summed E-state index contributed by atoms with van der Waals surface area (Å²) in [6, 6.07) is 15.1. The van der Waals surface area contributed by atoms with Crippen molar-refractivity contribution in [2.45, 2.75) is 26.9 Å². The molecule has 1 aromatic heterocycles. The molecule has 29 heavy (non-hydrogen) atoms. The number of amides is 2. The van der Waals surface area contributed by atoms with Crippen LogP contribution < -0.4 is 15.6 Å². The fourth-order valence-corrected chi connectivity index (χ4v) is 3.23. The van der Waals surface area contributed by atoms with E-state index in [1.54, 1.807) is 13.0 Å². The highest BCUT2D eigenvalue weighted by atomic mass is 79.9. The molecule has 2 amide bonds. The van der Waals surface area contributed by atoms with E-state index in [2.05, 4.69) is 37.0 Å². The van der Waals surface area contributed by atoms with Crippen LogP contribution in [0.4, 0.5) is 0 Å². The van der Waals surface area contributed by atoms with E-state index in [4.69, 9.17) is 4.74 Å². The predicted molar refractivity (Wildman–Crippen MR) is 113 cm³/mol. The standard InChI is InChI=1S/C21H21BrN4O3/c1-12-8-7-11-16(13(12)2)29-14(3)20(27)25-26-21(28)19-17(22)18(23-24-19)15-9-5-4-6-10-15/h4-11,14H,1-3H3,(H,23,24)(H,25,27)(H,26,28). The van der Waals surface area contributed by atoms with Gasteiger partial charge in [0.25, 0.3) is 11.8 Å². The molecule has 1 atom stereocenters. The van der Waals surface area contributed by atoms with Crippen LogP contribution in [0.15, 0.2) is 53.0 Å². The van der Waals surface area contributed by atoms with Gasteiger partial charge in [-0.15, -0.1) is 0 Å². The number of H-pyrrole nitrogens is 1. The fourth-order valence-electron chi connectivity index (χ4n) is 2.64. The van der Waals surface area contributed by atoms with Crippen LogP contribution in [0.1, 0.15) is 28.5 Å². The third kappa shape index (κ3) is 4.65. The Hall–Kier alpha value is -3.13. The number of nitrogens with zero attached hydrogens (tertiary/aromatic N) is 1. The van der Waals surface area contributed by atoms with Gasteiger partial charge in [-0.1, -0.05) is 42.5 Å². The summed E-state index contributed by atoms with van der Waals surface area (Å²) in [7, 11) is 0. The molecule has 0 saturated carbocycles. The number of halogens is 1. The molecule has 0 aliphatic rings. The van der Waals surface area contributed by atoms with Crippen molar-refractivity contribution in [3.05, 3.63) is 69.8 Å². The molecular formula is C21H21BrN4O3. The second-order valence-electron chi connectivity index (χ2n) is 6.53. The monoisotopic (exact) mass is 456 g/mol. The SMILES string of the molecule is Cc1cccc(OC(C)C(=O)NNC(=O)c2[nH]nc(-c3ccccc3)c2Br)c1C. The number of aryl methyl sites for hydroxylation is 1. The van der Waals surface area contributed by atoms with Gasteiger partial charge < -0.3 is 4.74 Å². The molecular weight excluding hydrogens is 436 g/mol. The first-order chi connectivity index (χ1) is 13.9. The number of hydrazine groups is 1. The normalized spacial score (nSPS) is 11.6. The number of ether oxygens (including phenoxy) is 1. The molecule has 3 aromatic rings. The van der Waals surface area contributed by atoms with Crippen LogP contribution in [0.3, 0.4) is 0 Å². The molecule has 2 aromatic carbocycles. The average Bonchev–Trinajstić information content (AvgIpc) is 3.11. The number of rotatable bonds is 5. The third-order valence-electron chi connectivity index (χ3n) is 4.51. The smallest absolute Gasteiger partial charge is 0.288 e. The van der Waals surface area contributed by atoms with Crippen molar-refractivity contribution >= 4 is 27.7 Å². The van der Waals surface area contributed by atoms with E-state index in [-0.39, 0.29) is 5.69 Å². The van der Waals surface area contributed by atoms with E-state index >= 15 is 0 Å². The third-order valence-corrected chi connectivity index (χ3v) is 5.28. The lowest BCUT2D eigenvalue weighted by Gasteiger charge is -2.17.